The van der Waals surface area contributed by atoms with E-state index in [1.165, 1.54) is 31.2 Å². The van der Waals surface area contributed by atoms with Gasteiger partial charge in [-0.1, -0.05) is 73.4 Å². The Balaban J connectivity index is 2.10. The Labute approximate surface area is 253 Å². The molecule has 0 saturated heterocycles. The molecule has 0 aromatic heterocycles. The quantitative estimate of drug-likeness (QED) is 0.262. The van der Waals surface area contributed by atoms with Crippen LogP contribution in [-0.4, -0.2) is 44.3 Å². The second-order valence-electron chi connectivity index (χ2n) is 9.91. The number of nitrogens with one attached hydrogen (secondary N) is 1. The maximum absolute atomic E-state index is 13.9. The second kappa shape index (κ2) is 13.8. The highest BCUT2D eigenvalue weighted by Crippen LogP contribution is 2.38. The Morgan fingerprint density at radius 3 is 2.12 bits per heavy atom. The van der Waals surface area contributed by atoms with E-state index in [4.69, 9.17) is 23.2 Å². The first-order valence-corrected chi connectivity index (χ1v) is 15.1. The fourth-order valence-corrected chi connectivity index (χ4v) is 5.83. The van der Waals surface area contributed by atoms with Crippen molar-refractivity contribution in [3.8, 4) is 0 Å². The zero-order valence-electron chi connectivity index (χ0n) is 23.0. The van der Waals surface area contributed by atoms with E-state index >= 15 is 0 Å². The van der Waals surface area contributed by atoms with Gasteiger partial charge in [-0.25, -0.2) is 8.42 Å². The summed E-state index contributed by atoms with van der Waals surface area (Å²) in [5.74, 6) is -1.22. The van der Waals surface area contributed by atoms with E-state index in [0.717, 1.165) is 17.0 Å². The number of anilines is 1. The van der Waals surface area contributed by atoms with E-state index in [-0.39, 0.29) is 17.4 Å². The first kappa shape index (κ1) is 33.2. The highest BCUT2D eigenvalue weighted by Gasteiger charge is 2.37. The van der Waals surface area contributed by atoms with Crippen LogP contribution in [0, 0.1) is 5.92 Å². The van der Waals surface area contributed by atoms with E-state index in [2.05, 4.69) is 5.32 Å². The molecule has 0 aliphatic carbocycles. The summed E-state index contributed by atoms with van der Waals surface area (Å²) in [7, 11) is -4.56. The molecule has 1 N–H and O–H groups in total. The first-order chi connectivity index (χ1) is 19.6. The lowest BCUT2D eigenvalue weighted by atomic mass is 10.1. The Hall–Kier alpha value is -3.28. The number of hydrogen-bond donors (Lipinski definition) is 1. The standard InChI is InChI=1S/C29H30Cl2F3N3O4S/c1-19(2)16-35-28(39)20(3)36(17-21-9-7-8-12-25(21)30)27(38)18-37(42(40,41)23-10-5-4-6-11-23)22-13-14-26(31)24(15-22)29(32,33)34/h4-15,19-20H,16-18H2,1-3H3,(H,35,39)/t20-/m1/s1. The lowest BCUT2D eigenvalue weighted by molar-refractivity contribution is -0.139. The maximum atomic E-state index is 13.9. The van der Waals surface area contributed by atoms with Gasteiger partial charge in [0, 0.05) is 18.1 Å². The fourth-order valence-electron chi connectivity index (χ4n) is 3.98. The predicted molar refractivity (Wildman–Crippen MR) is 157 cm³/mol. The van der Waals surface area contributed by atoms with Crippen molar-refractivity contribution in [3.63, 3.8) is 0 Å². The van der Waals surface area contributed by atoms with Crippen molar-refractivity contribution in [1.82, 2.24) is 10.2 Å². The van der Waals surface area contributed by atoms with E-state index in [9.17, 15) is 31.2 Å². The SMILES string of the molecule is CC(C)CNC(=O)[C@@H](C)N(Cc1ccccc1Cl)C(=O)CN(c1ccc(Cl)c(C(F)(F)F)c1)S(=O)(=O)c1ccccc1. The van der Waals surface area contributed by atoms with Gasteiger partial charge in [-0.3, -0.25) is 13.9 Å². The molecule has 0 radical (unpaired) electrons. The van der Waals surface area contributed by atoms with Crippen LogP contribution in [0.5, 0.6) is 0 Å². The molecule has 0 unspecified atom stereocenters. The summed E-state index contributed by atoms with van der Waals surface area (Å²) in [4.78, 5) is 27.8. The van der Waals surface area contributed by atoms with Crippen LogP contribution >= 0.6 is 23.2 Å². The van der Waals surface area contributed by atoms with Gasteiger partial charge in [0.25, 0.3) is 10.0 Å². The van der Waals surface area contributed by atoms with Crippen molar-refractivity contribution in [3.05, 3.63) is 94.0 Å². The van der Waals surface area contributed by atoms with Gasteiger partial charge in [-0.15, -0.1) is 0 Å². The molecule has 226 valence electrons. The molecular formula is C29H30Cl2F3N3O4S. The van der Waals surface area contributed by atoms with Crippen molar-refractivity contribution in [2.45, 2.75) is 44.4 Å². The molecule has 0 saturated carbocycles. The Kier molecular flexibility index (Phi) is 10.9. The number of carbonyl (C=O) groups excluding carboxylic acids is 2. The molecule has 3 aromatic rings. The highest BCUT2D eigenvalue weighted by molar-refractivity contribution is 7.92. The van der Waals surface area contributed by atoms with Crippen molar-refractivity contribution >= 4 is 50.7 Å². The smallest absolute Gasteiger partial charge is 0.354 e. The number of rotatable bonds is 11. The molecule has 3 aromatic carbocycles. The lowest BCUT2D eigenvalue weighted by Gasteiger charge is -2.32. The minimum Gasteiger partial charge on any atom is -0.354 e. The molecule has 13 heteroatoms. The molecule has 1 atom stereocenters. The Morgan fingerprint density at radius 2 is 1.52 bits per heavy atom. The number of alkyl halides is 3. The molecule has 2 amide bonds. The van der Waals surface area contributed by atoms with Crippen LogP contribution in [0.3, 0.4) is 0 Å². The average Bonchev–Trinajstić information content (AvgIpc) is 2.93. The van der Waals surface area contributed by atoms with Gasteiger partial charge in [0.2, 0.25) is 11.8 Å². The van der Waals surface area contributed by atoms with E-state index in [1.54, 1.807) is 30.3 Å². The fraction of sp³-hybridized carbons (Fsp3) is 0.310. The summed E-state index contributed by atoms with van der Waals surface area (Å²) >= 11 is 12.1. The minimum atomic E-state index is -4.89. The van der Waals surface area contributed by atoms with Crippen LogP contribution in [0.4, 0.5) is 18.9 Å². The van der Waals surface area contributed by atoms with Crippen LogP contribution in [0.1, 0.15) is 31.9 Å². The molecule has 0 aliphatic rings. The average molecular weight is 645 g/mol. The third kappa shape index (κ3) is 8.17. The molecule has 0 fully saturated rings. The Morgan fingerprint density at radius 1 is 0.905 bits per heavy atom. The number of carbonyl (C=O) groups is 2. The third-order valence-electron chi connectivity index (χ3n) is 6.30. The van der Waals surface area contributed by atoms with Crippen molar-refractivity contribution in [1.29, 1.82) is 0 Å². The molecule has 0 heterocycles. The number of benzene rings is 3. The normalized spacial score (nSPS) is 12.6. The van der Waals surface area contributed by atoms with Gasteiger partial charge in [-0.2, -0.15) is 13.2 Å². The number of nitrogens with zero attached hydrogens (tertiary/aromatic N) is 2. The number of hydrogen-bond acceptors (Lipinski definition) is 4. The van der Waals surface area contributed by atoms with Crippen LogP contribution in [0.2, 0.25) is 10.0 Å². The largest absolute Gasteiger partial charge is 0.417 e. The maximum Gasteiger partial charge on any atom is 0.417 e. The van der Waals surface area contributed by atoms with Gasteiger partial charge in [0.05, 0.1) is 21.2 Å². The molecule has 0 spiro atoms. The monoisotopic (exact) mass is 643 g/mol. The first-order valence-electron chi connectivity index (χ1n) is 12.9. The summed E-state index contributed by atoms with van der Waals surface area (Å²) in [6, 6.07) is 15.1. The molecule has 3 rings (SSSR count). The topological polar surface area (TPSA) is 86.8 Å². The van der Waals surface area contributed by atoms with Crippen molar-refractivity contribution < 1.29 is 31.2 Å². The predicted octanol–water partition coefficient (Wildman–Crippen LogP) is 6.40. The molecular weight excluding hydrogens is 614 g/mol. The molecule has 7 nitrogen and oxygen atoms in total. The molecule has 42 heavy (non-hydrogen) atoms. The van der Waals surface area contributed by atoms with Gasteiger partial charge in [-0.05, 0) is 54.8 Å². The van der Waals surface area contributed by atoms with Gasteiger partial charge < -0.3 is 10.2 Å². The zero-order chi connectivity index (χ0) is 31.2. The third-order valence-corrected chi connectivity index (χ3v) is 8.79. The minimum absolute atomic E-state index is 0.119. The van der Waals surface area contributed by atoms with Crippen LogP contribution in [0.15, 0.2) is 77.7 Å². The second-order valence-corrected chi connectivity index (χ2v) is 12.6. The van der Waals surface area contributed by atoms with Gasteiger partial charge in [0.15, 0.2) is 0 Å². The zero-order valence-corrected chi connectivity index (χ0v) is 25.4. The van der Waals surface area contributed by atoms with Gasteiger partial charge >= 0.3 is 6.18 Å². The number of sulfonamides is 1. The van der Waals surface area contributed by atoms with E-state index < -0.39 is 56.9 Å². The summed E-state index contributed by atoms with van der Waals surface area (Å²) in [6.45, 7) is 4.52. The van der Waals surface area contributed by atoms with E-state index in [1.807, 2.05) is 13.8 Å². The summed E-state index contributed by atoms with van der Waals surface area (Å²) in [5.41, 5.74) is -1.21. The van der Waals surface area contributed by atoms with Crippen LogP contribution in [-0.2, 0) is 32.3 Å². The van der Waals surface area contributed by atoms with Crippen LogP contribution < -0.4 is 9.62 Å². The van der Waals surface area contributed by atoms with Crippen molar-refractivity contribution in [2.24, 2.45) is 5.92 Å². The lowest BCUT2D eigenvalue weighted by Crippen LogP contribution is -2.51. The number of halogens is 5. The summed E-state index contributed by atoms with van der Waals surface area (Å²) < 4.78 is 69.3. The van der Waals surface area contributed by atoms with Crippen molar-refractivity contribution in [2.75, 3.05) is 17.4 Å². The number of amides is 2. The molecule has 0 aliphatic heterocycles. The van der Waals surface area contributed by atoms with Gasteiger partial charge in [0.1, 0.15) is 12.6 Å². The van der Waals surface area contributed by atoms with Crippen LogP contribution in [0.25, 0.3) is 0 Å². The summed E-state index contributed by atoms with van der Waals surface area (Å²) in [6.07, 6.45) is -4.89. The Bertz CT molecular complexity index is 1520. The molecule has 0 bridgehead atoms. The summed E-state index contributed by atoms with van der Waals surface area (Å²) in [5, 5.41) is 2.43. The highest BCUT2D eigenvalue weighted by atomic mass is 35.5. The van der Waals surface area contributed by atoms with E-state index in [0.29, 0.717) is 27.5 Å².